The predicted octanol–water partition coefficient (Wildman–Crippen LogP) is 1.85. The second-order valence-electron chi connectivity index (χ2n) is 4.62. The van der Waals surface area contributed by atoms with Crippen molar-refractivity contribution in [1.29, 1.82) is 0 Å². The van der Waals surface area contributed by atoms with Crippen molar-refractivity contribution >= 4 is 25.3 Å². The number of hydrogen-bond donors (Lipinski definition) is 0. The molecular formula is C16H15NOSe. The van der Waals surface area contributed by atoms with Crippen molar-refractivity contribution in [2.45, 2.75) is 11.4 Å². The molecule has 96 valence electrons. The van der Waals surface area contributed by atoms with Gasteiger partial charge in [0, 0.05) is 0 Å². The molecule has 1 fully saturated rings. The predicted molar refractivity (Wildman–Crippen MR) is 77.4 cm³/mol. The van der Waals surface area contributed by atoms with Crippen LogP contribution in [0, 0.1) is 0 Å². The zero-order chi connectivity index (χ0) is 13.1. The molecule has 3 rings (SSSR count). The van der Waals surface area contributed by atoms with Gasteiger partial charge in [-0.2, -0.15) is 0 Å². The minimum atomic E-state index is 0.235. The molecule has 2 aromatic carbocycles. The summed E-state index contributed by atoms with van der Waals surface area (Å²) >= 11 is 0.269. The number of β-lactam (4-membered cyclic amide) rings is 1. The molecule has 0 N–H and O–H groups in total. The molecule has 1 aliphatic heterocycles. The van der Waals surface area contributed by atoms with E-state index >= 15 is 0 Å². The molecule has 3 heteroatoms. The molecule has 1 atom stereocenters. The van der Waals surface area contributed by atoms with Gasteiger partial charge in [0.05, 0.1) is 0 Å². The summed E-state index contributed by atoms with van der Waals surface area (Å²) in [6.45, 7) is 1.66. The van der Waals surface area contributed by atoms with Gasteiger partial charge in [-0.25, -0.2) is 0 Å². The molecule has 0 aromatic heterocycles. The Balaban J connectivity index is 1.56. The standard InChI is InChI=1S/C16H15NOSe/c18-16-15(19-14-9-5-2-6-10-14)12-17(16)11-13-7-3-1-4-8-13/h1-10,15H,11-12H2/t15-/m0/s1. The molecule has 0 aliphatic carbocycles. The molecule has 0 saturated carbocycles. The first kappa shape index (κ1) is 12.5. The van der Waals surface area contributed by atoms with E-state index in [9.17, 15) is 4.79 Å². The Bertz CT molecular complexity index is 506. The molecule has 0 bridgehead atoms. The van der Waals surface area contributed by atoms with Gasteiger partial charge in [-0.3, -0.25) is 0 Å². The molecule has 2 aromatic rings. The molecular weight excluding hydrogens is 301 g/mol. The van der Waals surface area contributed by atoms with Crippen LogP contribution in [0.2, 0.25) is 4.82 Å². The number of amides is 1. The summed E-state index contributed by atoms with van der Waals surface area (Å²) in [5.41, 5.74) is 1.21. The van der Waals surface area contributed by atoms with Crippen LogP contribution in [0.3, 0.4) is 0 Å². The van der Waals surface area contributed by atoms with Crippen LogP contribution in [0.4, 0.5) is 0 Å². The van der Waals surface area contributed by atoms with Crippen LogP contribution in [0.5, 0.6) is 0 Å². The summed E-state index contributed by atoms with van der Waals surface area (Å²) in [5, 5.41) is 0. The van der Waals surface area contributed by atoms with Crippen LogP contribution in [0.15, 0.2) is 60.7 Å². The van der Waals surface area contributed by atoms with E-state index in [-0.39, 0.29) is 19.8 Å². The summed E-state index contributed by atoms with van der Waals surface area (Å²) in [7, 11) is 0. The Labute approximate surface area is 119 Å². The van der Waals surface area contributed by atoms with Gasteiger partial charge in [-0.15, -0.1) is 0 Å². The van der Waals surface area contributed by atoms with E-state index in [0.29, 0.717) is 5.91 Å². The zero-order valence-electron chi connectivity index (χ0n) is 10.5. The Hall–Kier alpha value is -1.57. The third kappa shape index (κ3) is 2.89. The number of hydrogen-bond acceptors (Lipinski definition) is 1. The van der Waals surface area contributed by atoms with E-state index in [0.717, 1.165) is 13.1 Å². The summed E-state index contributed by atoms with van der Waals surface area (Å²) in [6.07, 6.45) is 0. The Kier molecular flexibility index (Phi) is 3.67. The van der Waals surface area contributed by atoms with E-state index in [1.807, 2.05) is 41.3 Å². The summed E-state index contributed by atoms with van der Waals surface area (Å²) in [4.78, 5) is 14.3. The van der Waals surface area contributed by atoms with Gasteiger partial charge >= 0.3 is 119 Å². The van der Waals surface area contributed by atoms with E-state index in [4.69, 9.17) is 0 Å². The molecule has 1 aliphatic rings. The van der Waals surface area contributed by atoms with Crippen LogP contribution >= 0.6 is 0 Å². The topological polar surface area (TPSA) is 20.3 Å². The van der Waals surface area contributed by atoms with Crippen LogP contribution < -0.4 is 4.46 Å². The van der Waals surface area contributed by atoms with Crippen molar-refractivity contribution in [3.8, 4) is 0 Å². The number of likely N-dealkylation sites (tertiary alicyclic amines) is 1. The Morgan fingerprint density at radius 3 is 2.26 bits per heavy atom. The monoisotopic (exact) mass is 317 g/mol. The first-order valence-corrected chi connectivity index (χ1v) is 8.22. The maximum absolute atomic E-state index is 12.1. The van der Waals surface area contributed by atoms with Gasteiger partial charge in [0.1, 0.15) is 0 Å². The second kappa shape index (κ2) is 5.60. The number of nitrogens with zero attached hydrogens (tertiary/aromatic N) is 1. The third-order valence-corrected chi connectivity index (χ3v) is 5.69. The molecule has 1 heterocycles. The Morgan fingerprint density at radius 2 is 1.63 bits per heavy atom. The fraction of sp³-hybridized carbons (Fsp3) is 0.188. The van der Waals surface area contributed by atoms with Gasteiger partial charge in [-0.05, 0) is 0 Å². The molecule has 1 saturated heterocycles. The third-order valence-electron chi connectivity index (χ3n) is 3.21. The number of carbonyl (C=O) groups is 1. The van der Waals surface area contributed by atoms with Crippen LogP contribution in [-0.4, -0.2) is 32.3 Å². The van der Waals surface area contributed by atoms with Crippen LogP contribution in [-0.2, 0) is 11.3 Å². The average molecular weight is 316 g/mol. The minimum absolute atomic E-state index is 0.235. The zero-order valence-corrected chi connectivity index (χ0v) is 12.2. The molecule has 0 unspecified atom stereocenters. The van der Waals surface area contributed by atoms with Gasteiger partial charge in [-0.1, -0.05) is 0 Å². The molecule has 2 nitrogen and oxygen atoms in total. The molecule has 19 heavy (non-hydrogen) atoms. The number of benzene rings is 2. The van der Waals surface area contributed by atoms with Crippen molar-refractivity contribution in [2.24, 2.45) is 0 Å². The molecule has 1 amide bonds. The first-order chi connectivity index (χ1) is 9.33. The molecule has 0 radical (unpaired) electrons. The van der Waals surface area contributed by atoms with Crippen molar-refractivity contribution < 1.29 is 4.79 Å². The van der Waals surface area contributed by atoms with Crippen molar-refractivity contribution in [2.75, 3.05) is 6.54 Å². The fourth-order valence-corrected chi connectivity index (χ4v) is 4.56. The SMILES string of the molecule is O=C1[C@@H]([Se]c2ccccc2)CN1Cc1ccccc1. The van der Waals surface area contributed by atoms with Crippen LogP contribution in [0.25, 0.3) is 0 Å². The van der Waals surface area contributed by atoms with Crippen molar-refractivity contribution in [1.82, 2.24) is 4.90 Å². The van der Waals surface area contributed by atoms with E-state index in [1.54, 1.807) is 0 Å². The second-order valence-corrected chi connectivity index (χ2v) is 7.30. The Morgan fingerprint density at radius 1 is 1.00 bits per heavy atom. The number of carbonyl (C=O) groups excluding carboxylic acids is 1. The van der Waals surface area contributed by atoms with Gasteiger partial charge < -0.3 is 0 Å². The fourth-order valence-electron chi connectivity index (χ4n) is 2.16. The van der Waals surface area contributed by atoms with Crippen molar-refractivity contribution in [3.05, 3.63) is 66.2 Å². The maximum atomic E-state index is 12.1. The van der Waals surface area contributed by atoms with Gasteiger partial charge in [0.25, 0.3) is 0 Å². The van der Waals surface area contributed by atoms with Crippen molar-refractivity contribution in [3.63, 3.8) is 0 Å². The molecule has 0 spiro atoms. The normalized spacial score (nSPS) is 18.2. The summed E-state index contributed by atoms with van der Waals surface area (Å²) in [5.74, 6) is 0.313. The summed E-state index contributed by atoms with van der Waals surface area (Å²) in [6, 6.07) is 20.5. The average Bonchev–Trinajstić information content (AvgIpc) is 2.48. The van der Waals surface area contributed by atoms with E-state index < -0.39 is 0 Å². The van der Waals surface area contributed by atoms with Gasteiger partial charge in [0.15, 0.2) is 0 Å². The quantitative estimate of drug-likeness (QED) is 0.623. The van der Waals surface area contributed by atoms with Gasteiger partial charge in [0.2, 0.25) is 0 Å². The number of rotatable bonds is 4. The first-order valence-electron chi connectivity index (χ1n) is 6.37. The summed E-state index contributed by atoms with van der Waals surface area (Å²) < 4.78 is 1.31. The van der Waals surface area contributed by atoms with E-state index in [1.165, 1.54) is 10.0 Å². The van der Waals surface area contributed by atoms with Crippen LogP contribution in [0.1, 0.15) is 5.56 Å². The van der Waals surface area contributed by atoms with E-state index in [2.05, 4.69) is 24.3 Å².